The van der Waals surface area contributed by atoms with E-state index in [0.29, 0.717) is 23.0 Å². The molecule has 0 radical (unpaired) electrons. The number of hydrogen-bond donors (Lipinski definition) is 1. The van der Waals surface area contributed by atoms with E-state index in [4.69, 9.17) is 4.74 Å². The molecule has 2 aromatic rings. The van der Waals surface area contributed by atoms with Crippen molar-refractivity contribution in [2.24, 2.45) is 0 Å². The fraction of sp³-hybridized carbons (Fsp3) is 0.267. The van der Waals surface area contributed by atoms with Crippen molar-refractivity contribution in [1.29, 1.82) is 0 Å². The number of methoxy groups -OCH3 is 1. The summed E-state index contributed by atoms with van der Waals surface area (Å²) in [7, 11) is 1.57. The number of ether oxygens (including phenoxy) is 1. The van der Waals surface area contributed by atoms with Crippen LogP contribution in [0.15, 0.2) is 35.1 Å². The Kier molecular flexibility index (Phi) is 3.88. The number of rotatable bonds is 4. The molecule has 0 saturated heterocycles. The number of carbonyl (C=O) groups is 1. The van der Waals surface area contributed by atoms with E-state index in [1.54, 1.807) is 31.6 Å². The summed E-state index contributed by atoms with van der Waals surface area (Å²) in [6, 6.07) is 5.23. The topological polar surface area (TPSA) is 64.1 Å². The van der Waals surface area contributed by atoms with Crippen molar-refractivity contribution < 1.29 is 9.53 Å². The number of aromatic nitrogens is 2. The molecule has 1 fully saturated rings. The first-order chi connectivity index (χ1) is 10.2. The smallest absolute Gasteiger partial charge is 0.256 e. The summed E-state index contributed by atoms with van der Waals surface area (Å²) in [4.78, 5) is 20.7. The molecule has 0 aliphatic heterocycles. The van der Waals surface area contributed by atoms with Crippen molar-refractivity contribution in [1.82, 2.24) is 9.97 Å². The van der Waals surface area contributed by atoms with Gasteiger partial charge in [-0.05, 0) is 40.9 Å². The predicted molar refractivity (Wildman–Crippen MR) is 82.7 cm³/mol. The largest absolute Gasteiger partial charge is 0.495 e. The molecule has 2 aromatic heterocycles. The van der Waals surface area contributed by atoms with Gasteiger partial charge in [0.15, 0.2) is 0 Å². The van der Waals surface area contributed by atoms with E-state index in [2.05, 4.69) is 31.2 Å². The highest BCUT2D eigenvalue weighted by Crippen LogP contribution is 2.39. The van der Waals surface area contributed by atoms with Gasteiger partial charge in [0.25, 0.3) is 5.91 Å². The molecular formula is C15H14BrN3O2. The predicted octanol–water partition coefficient (Wildman–Crippen LogP) is 3.38. The van der Waals surface area contributed by atoms with Crippen molar-refractivity contribution in [2.45, 2.75) is 18.8 Å². The van der Waals surface area contributed by atoms with Gasteiger partial charge < -0.3 is 10.1 Å². The summed E-state index contributed by atoms with van der Waals surface area (Å²) in [5.74, 6) is 1.39. The van der Waals surface area contributed by atoms with Crippen molar-refractivity contribution in [3.63, 3.8) is 0 Å². The van der Waals surface area contributed by atoms with Crippen LogP contribution in [0.2, 0.25) is 0 Å². The second-order valence-corrected chi connectivity index (χ2v) is 5.76. The van der Waals surface area contributed by atoms with Gasteiger partial charge in [0.05, 0.1) is 11.6 Å². The summed E-state index contributed by atoms with van der Waals surface area (Å²) in [6.07, 6.45) is 5.59. The normalized spacial score (nSPS) is 13.8. The Bertz CT molecular complexity index is 686. The standard InChI is InChI=1S/C15H14BrN3O2/c1-21-13-7-14(18-8-11(13)16)19-15(20)10-4-5-17-12(6-10)9-2-3-9/h4-9H,2-3H2,1H3,(H,18,19,20). The third-order valence-electron chi connectivity index (χ3n) is 3.32. The Morgan fingerprint density at radius 2 is 2.19 bits per heavy atom. The van der Waals surface area contributed by atoms with Gasteiger partial charge in [0.1, 0.15) is 11.6 Å². The zero-order chi connectivity index (χ0) is 14.8. The second-order valence-electron chi connectivity index (χ2n) is 4.90. The van der Waals surface area contributed by atoms with E-state index in [1.165, 1.54) is 0 Å². The van der Waals surface area contributed by atoms with E-state index in [9.17, 15) is 4.79 Å². The first kappa shape index (κ1) is 14.0. The van der Waals surface area contributed by atoms with Gasteiger partial charge in [-0.15, -0.1) is 0 Å². The molecule has 1 aliphatic carbocycles. The number of amides is 1. The lowest BCUT2D eigenvalue weighted by Crippen LogP contribution is -2.13. The number of anilines is 1. The fourth-order valence-electron chi connectivity index (χ4n) is 2.03. The summed E-state index contributed by atoms with van der Waals surface area (Å²) >= 11 is 3.33. The number of halogens is 1. The maximum absolute atomic E-state index is 12.3. The summed E-state index contributed by atoms with van der Waals surface area (Å²) < 4.78 is 5.92. The quantitative estimate of drug-likeness (QED) is 0.920. The Morgan fingerprint density at radius 3 is 2.90 bits per heavy atom. The third-order valence-corrected chi connectivity index (χ3v) is 3.92. The van der Waals surface area contributed by atoms with Crippen LogP contribution in [0, 0.1) is 0 Å². The second kappa shape index (κ2) is 5.81. The molecule has 3 rings (SSSR count). The molecule has 6 heteroatoms. The molecule has 1 amide bonds. The molecule has 1 aliphatic rings. The Balaban J connectivity index is 1.78. The molecule has 2 heterocycles. The third kappa shape index (κ3) is 3.21. The van der Waals surface area contributed by atoms with Crippen LogP contribution in [0.25, 0.3) is 0 Å². The maximum atomic E-state index is 12.3. The lowest BCUT2D eigenvalue weighted by atomic mass is 10.1. The van der Waals surface area contributed by atoms with Gasteiger partial charge in [0, 0.05) is 35.6 Å². The van der Waals surface area contributed by atoms with Crippen LogP contribution in [0.4, 0.5) is 5.82 Å². The highest BCUT2D eigenvalue weighted by Gasteiger charge is 2.25. The number of pyridine rings is 2. The molecule has 21 heavy (non-hydrogen) atoms. The van der Waals surface area contributed by atoms with Gasteiger partial charge in [-0.2, -0.15) is 0 Å². The molecule has 0 aromatic carbocycles. The van der Waals surface area contributed by atoms with E-state index in [1.807, 2.05) is 6.07 Å². The van der Waals surface area contributed by atoms with Crippen molar-refractivity contribution in [2.75, 3.05) is 12.4 Å². The lowest BCUT2D eigenvalue weighted by molar-refractivity contribution is 0.102. The molecule has 1 N–H and O–H groups in total. The summed E-state index contributed by atoms with van der Waals surface area (Å²) in [5, 5.41) is 2.77. The molecule has 108 valence electrons. The summed E-state index contributed by atoms with van der Waals surface area (Å²) in [5.41, 5.74) is 1.58. The average Bonchev–Trinajstić information content (AvgIpc) is 3.34. The number of carbonyl (C=O) groups excluding carboxylic acids is 1. The van der Waals surface area contributed by atoms with E-state index < -0.39 is 0 Å². The van der Waals surface area contributed by atoms with Crippen LogP contribution in [-0.2, 0) is 0 Å². The number of nitrogens with one attached hydrogen (secondary N) is 1. The van der Waals surface area contributed by atoms with Gasteiger partial charge in [-0.25, -0.2) is 4.98 Å². The van der Waals surface area contributed by atoms with Crippen LogP contribution in [0.5, 0.6) is 5.75 Å². The van der Waals surface area contributed by atoms with Crippen LogP contribution in [0.1, 0.15) is 34.8 Å². The molecule has 0 atom stereocenters. The van der Waals surface area contributed by atoms with Crippen molar-refractivity contribution in [3.05, 3.63) is 46.3 Å². The minimum absolute atomic E-state index is 0.198. The van der Waals surface area contributed by atoms with Gasteiger partial charge in [-0.1, -0.05) is 0 Å². The minimum Gasteiger partial charge on any atom is -0.495 e. The highest BCUT2D eigenvalue weighted by atomic mass is 79.9. The molecule has 0 unspecified atom stereocenters. The van der Waals surface area contributed by atoms with Crippen molar-refractivity contribution in [3.8, 4) is 5.75 Å². The molecular weight excluding hydrogens is 334 g/mol. The van der Waals surface area contributed by atoms with Crippen LogP contribution >= 0.6 is 15.9 Å². The SMILES string of the molecule is COc1cc(NC(=O)c2ccnc(C3CC3)c2)ncc1Br. The Hall–Kier alpha value is -1.95. The first-order valence-electron chi connectivity index (χ1n) is 6.64. The monoisotopic (exact) mass is 347 g/mol. The van der Waals surface area contributed by atoms with Crippen LogP contribution in [-0.4, -0.2) is 23.0 Å². The van der Waals surface area contributed by atoms with Crippen molar-refractivity contribution >= 4 is 27.7 Å². The van der Waals surface area contributed by atoms with Gasteiger partial charge in [0.2, 0.25) is 0 Å². The van der Waals surface area contributed by atoms with E-state index in [-0.39, 0.29) is 5.91 Å². The van der Waals surface area contributed by atoms with E-state index >= 15 is 0 Å². The number of nitrogens with zero attached hydrogens (tertiary/aromatic N) is 2. The Labute approximate surface area is 130 Å². The Morgan fingerprint density at radius 1 is 1.38 bits per heavy atom. The molecule has 0 spiro atoms. The van der Waals surface area contributed by atoms with E-state index in [0.717, 1.165) is 23.0 Å². The van der Waals surface area contributed by atoms with Crippen LogP contribution in [0.3, 0.4) is 0 Å². The minimum atomic E-state index is -0.198. The molecule has 5 nitrogen and oxygen atoms in total. The zero-order valence-corrected chi connectivity index (χ0v) is 13.1. The summed E-state index contributed by atoms with van der Waals surface area (Å²) in [6.45, 7) is 0. The lowest BCUT2D eigenvalue weighted by Gasteiger charge is -2.08. The zero-order valence-electron chi connectivity index (χ0n) is 11.5. The maximum Gasteiger partial charge on any atom is 0.256 e. The first-order valence-corrected chi connectivity index (χ1v) is 7.43. The van der Waals surface area contributed by atoms with Gasteiger partial charge in [-0.3, -0.25) is 9.78 Å². The fourth-order valence-corrected chi connectivity index (χ4v) is 2.40. The average molecular weight is 348 g/mol. The van der Waals surface area contributed by atoms with Gasteiger partial charge >= 0.3 is 0 Å². The van der Waals surface area contributed by atoms with Crippen LogP contribution < -0.4 is 10.1 Å². The molecule has 1 saturated carbocycles. The highest BCUT2D eigenvalue weighted by molar-refractivity contribution is 9.10. The number of hydrogen-bond acceptors (Lipinski definition) is 4. The molecule has 0 bridgehead atoms.